The summed E-state index contributed by atoms with van der Waals surface area (Å²) in [5, 5.41) is 11.1. The molecule has 25 heavy (non-hydrogen) atoms. The minimum atomic E-state index is 0.170. The first kappa shape index (κ1) is 14.6. The van der Waals surface area contributed by atoms with E-state index in [0.29, 0.717) is 0 Å². The minimum absolute atomic E-state index is 0.170. The van der Waals surface area contributed by atoms with Gasteiger partial charge in [-0.25, -0.2) is 5.43 Å². The number of nitrogens with zero attached hydrogens (tertiary/aromatic N) is 4. The largest absolute Gasteiger partial charge is 0.309 e. The molecule has 0 radical (unpaired) electrons. The molecule has 0 bridgehead atoms. The summed E-state index contributed by atoms with van der Waals surface area (Å²) >= 11 is 0. The van der Waals surface area contributed by atoms with Crippen molar-refractivity contribution in [3.8, 4) is 0 Å². The number of benzene rings is 1. The van der Waals surface area contributed by atoms with Gasteiger partial charge in [-0.2, -0.15) is 5.10 Å². The number of hydrogen-bond donors (Lipinski definition) is 2. The van der Waals surface area contributed by atoms with Gasteiger partial charge in [0.25, 0.3) is 0 Å². The van der Waals surface area contributed by atoms with Crippen LogP contribution in [0.25, 0.3) is 10.9 Å². The maximum absolute atomic E-state index is 4.47. The zero-order chi connectivity index (χ0) is 16.6. The summed E-state index contributed by atoms with van der Waals surface area (Å²) in [7, 11) is 0. The van der Waals surface area contributed by atoms with Crippen molar-refractivity contribution in [2.24, 2.45) is 0 Å². The lowest BCUT2D eigenvalue weighted by Gasteiger charge is -2.35. The predicted molar refractivity (Wildman–Crippen MR) is 96.3 cm³/mol. The molecule has 6 heteroatoms. The summed E-state index contributed by atoms with van der Waals surface area (Å²) in [5.74, 6) is 0. The molecule has 5 rings (SSSR count). The molecule has 126 valence electrons. The summed E-state index contributed by atoms with van der Waals surface area (Å²) in [6.07, 6.45) is 4.14. The van der Waals surface area contributed by atoms with Crippen LogP contribution in [-0.2, 0) is 6.54 Å². The molecule has 0 saturated carbocycles. The molecule has 1 aromatic carbocycles. The summed E-state index contributed by atoms with van der Waals surface area (Å²) in [6.45, 7) is 3.82. The van der Waals surface area contributed by atoms with Crippen molar-refractivity contribution in [2.75, 3.05) is 19.6 Å². The molecule has 1 unspecified atom stereocenters. The average Bonchev–Trinajstić information content (AvgIpc) is 3.27. The minimum Gasteiger partial charge on any atom is -0.309 e. The topological polar surface area (TPSA) is 60.1 Å². The van der Waals surface area contributed by atoms with Gasteiger partial charge in [0.2, 0.25) is 0 Å². The van der Waals surface area contributed by atoms with Crippen LogP contribution in [0.2, 0.25) is 0 Å². The Labute approximate surface area is 146 Å². The Morgan fingerprint density at radius 2 is 2.00 bits per heavy atom. The normalized spacial score (nSPS) is 20.7. The number of fused-ring (bicyclic) bond motifs is 2. The van der Waals surface area contributed by atoms with Crippen molar-refractivity contribution >= 4 is 10.9 Å². The first-order valence-electron chi connectivity index (χ1n) is 8.66. The van der Waals surface area contributed by atoms with E-state index in [4.69, 9.17) is 0 Å². The van der Waals surface area contributed by atoms with Gasteiger partial charge in [0.15, 0.2) is 0 Å². The van der Waals surface area contributed by atoms with Crippen LogP contribution in [0.3, 0.4) is 0 Å². The second-order valence-corrected chi connectivity index (χ2v) is 6.60. The van der Waals surface area contributed by atoms with Crippen LogP contribution in [0.1, 0.15) is 17.4 Å². The Bertz CT molecular complexity index is 916. The molecule has 2 aliphatic heterocycles. The van der Waals surface area contributed by atoms with Gasteiger partial charge >= 0.3 is 0 Å². The lowest BCUT2D eigenvalue weighted by atomic mass is 10.1. The third-order valence-electron chi connectivity index (χ3n) is 4.95. The van der Waals surface area contributed by atoms with Gasteiger partial charge in [-0.05, 0) is 24.3 Å². The Morgan fingerprint density at radius 3 is 2.92 bits per heavy atom. The number of nitrogens with one attached hydrogen (secondary N) is 2. The third kappa shape index (κ3) is 2.69. The molecule has 1 saturated heterocycles. The molecule has 0 amide bonds. The SMILES string of the molecule is C1=C2CN(Cc3[nH]nc4ccccc34)CCN2NC1c1ccccn1. The fourth-order valence-electron chi connectivity index (χ4n) is 3.67. The number of pyridine rings is 1. The summed E-state index contributed by atoms with van der Waals surface area (Å²) in [4.78, 5) is 6.94. The maximum Gasteiger partial charge on any atom is 0.0924 e. The van der Waals surface area contributed by atoms with E-state index in [9.17, 15) is 0 Å². The van der Waals surface area contributed by atoms with Crippen molar-refractivity contribution in [1.82, 2.24) is 30.5 Å². The van der Waals surface area contributed by atoms with E-state index in [-0.39, 0.29) is 6.04 Å². The molecule has 2 N–H and O–H groups in total. The fourth-order valence-corrected chi connectivity index (χ4v) is 3.67. The summed E-state index contributed by atoms with van der Waals surface area (Å²) in [6, 6.07) is 14.5. The van der Waals surface area contributed by atoms with E-state index >= 15 is 0 Å². The lowest BCUT2D eigenvalue weighted by Crippen LogP contribution is -2.47. The van der Waals surface area contributed by atoms with E-state index in [1.54, 1.807) is 0 Å². The van der Waals surface area contributed by atoms with E-state index in [1.807, 2.05) is 30.5 Å². The van der Waals surface area contributed by atoms with E-state index in [1.165, 1.54) is 16.8 Å². The van der Waals surface area contributed by atoms with E-state index in [2.05, 4.69) is 54.8 Å². The first-order valence-corrected chi connectivity index (χ1v) is 8.66. The lowest BCUT2D eigenvalue weighted by molar-refractivity contribution is 0.138. The van der Waals surface area contributed by atoms with Crippen LogP contribution in [0, 0.1) is 0 Å². The van der Waals surface area contributed by atoms with Crippen molar-refractivity contribution in [3.63, 3.8) is 0 Å². The van der Waals surface area contributed by atoms with Gasteiger partial charge in [0.05, 0.1) is 22.9 Å². The second-order valence-electron chi connectivity index (χ2n) is 6.60. The molecule has 4 heterocycles. The Hall–Kier alpha value is -2.70. The number of aromatic amines is 1. The van der Waals surface area contributed by atoms with Crippen LogP contribution in [0.5, 0.6) is 0 Å². The van der Waals surface area contributed by atoms with E-state index < -0.39 is 0 Å². The van der Waals surface area contributed by atoms with Crippen LogP contribution in [-0.4, -0.2) is 44.7 Å². The molecule has 0 aliphatic carbocycles. The Kier molecular flexibility index (Phi) is 3.50. The molecule has 0 spiro atoms. The van der Waals surface area contributed by atoms with Gasteiger partial charge in [0.1, 0.15) is 0 Å². The van der Waals surface area contributed by atoms with E-state index in [0.717, 1.165) is 37.4 Å². The number of piperazine rings is 1. The van der Waals surface area contributed by atoms with Crippen LogP contribution < -0.4 is 5.43 Å². The molecule has 1 fully saturated rings. The van der Waals surface area contributed by atoms with Crippen molar-refractivity contribution in [2.45, 2.75) is 12.6 Å². The van der Waals surface area contributed by atoms with Gasteiger partial charge in [-0.15, -0.1) is 0 Å². The number of hydrogen-bond acceptors (Lipinski definition) is 5. The second kappa shape index (κ2) is 5.98. The molecule has 6 nitrogen and oxygen atoms in total. The quantitative estimate of drug-likeness (QED) is 0.770. The Balaban J connectivity index is 1.33. The fraction of sp³-hybridized carbons (Fsp3) is 0.263. The predicted octanol–water partition coefficient (Wildman–Crippen LogP) is 2.22. The highest BCUT2D eigenvalue weighted by atomic mass is 15.6. The number of hydrazine groups is 1. The monoisotopic (exact) mass is 332 g/mol. The Morgan fingerprint density at radius 1 is 1.08 bits per heavy atom. The zero-order valence-electron chi connectivity index (χ0n) is 13.9. The van der Waals surface area contributed by atoms with Gasteiger partial charge in [-0.3, -0.25) is 15.0 Å². The highest BCUT2D eigenvalue weighted by Gasteiger charge is 2.29. The van der Waals surface area contributed by atoms with Gasteiger partial charge in [0, 0.05) is 43.5 Å². The van der Waals surface area contributed by atoms with Crippen molar-refractivity contribution in [1.29, 1.82) is 0 Å². The zero-order valence-corrected chi connectivity index (χ0v) is 13.9. The molecule has 1 atom stereocenters. The molecule has 2 aliphatic rings. The maximum atomic E-state index is 4.47. The average molecular weight is 332 g/mol. The summed E-state index contributed by atoms with van der Waals surface area (Å²) in [5.41, 5.74) is 8.17. The molecular weight excluding hydrogens is 312 g/mol. The first-order chi connectivity index (χ1) is 12.4. The third-order valence-corrected chi connectivity index (χ3v) is 4.95. The van der Waals surface area contributed by atoms with Crippen LogP contribution in [0.15, 0.2) is 60.4 Å². The van der Waals surface area contributed by atoms with Crippen molar-refractivity contribution in [3.05, 3.63) is 71.8 Å². The highest BCUT2D eigenvalue weighted by molar-refractivity contribution is 5.81. The number of rotatable bonds is 3. The smallest absolute Gasteiger partial charge is 0.0924 e. The molecular formula is C19H20N6. The summed E-state index contributed by atoms with van der Waals surface area (Å²) < 4.78 is 0. The van der Waals surface area contributed by atoms with Crippen LogP contribution in [0.4, 0.5) is 0 Å². The highest BCUT2D eigenvalue weighted by Crippen LogP contribution is 2.27. The number of para-hydroxylation sites is 1. The van der Waals surface area contributed by atoms with Crippen molar-refractivity contribution < 1.29 is 0 Å². The van der Waals surface area contributed by atoms with Crippen LogP contribution >= 0.6 is 0 Å². The molecule has 2 aromatic heterocycles. The molecule has 3 aromatic rings. The standard InChI is InChI=1S/C19H20N6/c1-2-6-16-15(5-1)19(22-21-16)13-24-9-10-25-14(12-24)11-18(23-25)17-7-3-4-8-20-17/h1-8,11,18,23H,9-10,12-13H2,(H,21,22). The number of aromatic nitrogens is 3. The van der Waals surface area contributed by atoms with Gasteiger partial charge in [-0.1, -0.05) is 24.3 Å². The number of H-pyrrole nitrogens is 1. The van der Waals surface area contributed by atoms with Gasteiger partial charge < -0.3 is 5.01 Å².